The summed E-state index contributed by atoms with van der Waals surface area (Å²) < 4.78 is 21.1. The van der Waals surface area contributed by atoms with Crippen molar-refractivity contribution in [2.45, 2.75) is 19.4 Å². The van der Waals surface area contributed by atoms with Crippen LogP contribution in [0.3, 0.4) is 0 Å². The molecule has 3 rings (SSSR count). The Morgan fingerprint density at radius 1 is 1.09 bits per heavy atom. The summed E-state index contributed by atoms with van der Waals surface area (Å²) in [5.41, 5.74) is 1.08. The van der Waals surface area contributed by atoms with Crippen molar-refractivity contribution < 1.29 is 23.4 Å². The summed E-state index contributed by atoms with van der Waals surface area (Å²) in [6.45, 7) is 4.90. The normalized spacial score (nSPS) is 14.5. The number of hydrogen-bond donors (Lipinski definition) is 1. The number of nitrogens with zero attached hydrogens (tertiary/aromatic N) is 2. The second-order valence-corrected chi connectivity index (χ2v) is 7.92. The molecule has 0 radical (unpaired) electrons. The van der Waals surface area contributed by atoms with E-state index < -0.39 is 5.97 Å². The Hall–Kier alpha value is -2.78. The lowest BCUT2D eigenvalue weighted by Crippen LogP contribution is -2.42. The van der Waals surface area contributed by atoms with Gasteiger partial charge in [-0.25, -0.2) is 4.79 Å². The quantitative estimate of drug-likeness (QED) is 0.472. The van der Waals surface area contributed by atoms with Gasteiger partial charge in [-0.2, -0.15) is 0 Å². The van der Waals surface area contributed by atoms with E-state index in [0.29, 0.717) is 13.1 Å². The highest BCUT2D eigenvalue weighted by molar-refractivity contribution is 7.80. The van der Waals surface area contributed by atoms with Crippen LogP contribution >= 0.6 is 12.2 Å². The maximum Gasteiger partial charge on any atom is 0.373 e. The molecule has 1 aliphatic rings. The predicted octanol–water partition coefficient (Wildman–Crippen LogP) is 2.71. The number of carbonyl (C=O) groups excluding carboxylic acids is 1. The summed E-state index contributed by atoms with van der Waals surface area (Å²) in [6.07, 6.45) is 1.78. The number of furan rings is 1. The summed E-state index contributed by atoms with van der Waals surface area (Å²) in [5.74, 6) is 2.19. The van der Waals surface area contributed by atoms with Gasteiger partial charge in [0.2, 0.25) is 5.76 Å². The summed E-state index contributed by atoms with van der Waals surface area (Å²) in [6, 6.07) is 9.29. The summed E-state index contributed by atoms with van der Waals surface area (Å²) in [5, 5.41) is 4.14. The van der Waals surface area contributed by atoms with Crippen LogP contribution in [0.25, 0.3) is 0 Å². The Kier molecular flexibility index (Phi) is 8.75. The molecule has 0 atom stereocenters. The van der Waals surface area contributed by atoms with Crippen LogP contribution in [0.4, 0.5) is 0 Å². The smallest absolute Gasteiger partial charge is 0.373 e. The average Bonchev–Trinajstić information content (AvgIpc) is 3.15. The minimum atomic E-state index is -0.457. The molecule has 0 bridgehead atoms. The van der Waals surface area contributed by atoms with Crippen LogP contribution in [-0.2, 0) is 17.7 Å². The number of nitrogens with one attached hydrogen (secondary N) is 1. The van der Waals surface area contributed by atoms with Gasteiger partial charge in [0.25, 0.3) is 0 Å². The molecule has 0 unspecified atom stereocenters. The van der Waals surface area contributed by atoms with Gasteiger partial charge in [0.15, 0.2) is 5.11 Å². The van der Waals surface area contributed by atoms with Crippen molar-refractivity contribution >= 4 is 23.3 Å². The Morgan fingerprint density at radius 3 is 2.69 bits per heavy atom. The highest BCUT2D eigenvalue weighted by atomic mass is 32.1. The molecule has 32 heavy (non-hydrogen) atoms. The van der Waals surface area contributed by atoms with Crippen molar-refractivity contribution in [2.75, 3.05) is 54.1 Å². The van der Waals surface area contributed by atoms with Crippen molar-refractivity contribution in [3.05, 3.63) is 47.4 Å². The first-order chi connectivity index (χ1) is 15.5. The van der Waals surface area contributed by atoms with Crippen LogP contribution in [0, 0.1) is 0 Å². The highest BCUT2D eigenvalue weighted by Gasteiger charge is 2.19. The van der Waals surface area contributed by atoms with E-state index in [9.17, 15) is 4.79 Å². The number of rotatable bonds is 8. The molecule has 1 aromatic heterocycles. The SMILES string of the molecule is COC(=O)c1ccc(CN2CCCN(C(=S)NCCc3cc(OC)ccc3OC)CC2)o1. The topological polar surface area (TPSA) is 76.4 Å². The van der Waals surface area contributed by atoms with Crippen LogP contribution in [0.1, 0.15) is 28.3 Å². The van der Waals surface area contributed by atoms with Gasteiger partial charge < -0.3 is 28.8 Å². The van der Waals surface area contributed by atoms with Gasteiger partial charge in [0.05, 0.1) is 27.9 Å². The fourth-order valence-corrected chi connectivity index (χ4v) is 4.00. The zero-order chi connectivity index (χ0) is 22.9. The van der Waals surface area contributed by atoms with Gasteiger partial charge in [-0.3, -0.25) is 4.90 Å². The fraction of sp³-hybridized carbons (Fsp3) is 0.478. The molecule has 2 aromatic rings. The third-order valence-corrected chi connectivity index (χ3v) is 5.86. The summed E-state index contributed by atoms with van der Waals surface area (Å²) in [4.78, 5) is 16.1. The molecule has 0 aliphatic carbocycles. The van der Waals surface area contributed by atoms with Gasteiger partial charge in [0.1, 0.15) is 17.3 Å². The third-order valence-electron chi connectivity index (χ3n) is 5.46. The first-order valence-electron chi connectivity index (χ1n) is 10.7. The average molecular weight is 462 g/mol. The van der Waals surface area contributed by atoms with Gasteiger partial charge in [-0.15, -0.1) is 0 Å². The summed E-state index contributed by atoms with van der Waals surface area (Å²) >= 11 is 5.64. The minimum Gasteiger partial charge on any atom is -0.497 e. The van der Waals surface area contributed by atoms with E-state index in [1.807, 2.05) is 24.3 Å². The molecule has 0 amide bonds. The minimum absolute atomic E-state index is 0.233. The molecule has 0 saturated carbocycles. The van der Waals surface area contributed by atoms with E-state index >= 15 is 0 Å². The molecule has 0 spiro atoms. The number of benzene rings is 1. The van der Waals surface area contributed by atoms with Gasteiger partial charge in [-0.05, 0) is 61.0 Å². The van der Waals surface area contributed by atoms with Crippen LogP contribution in [0.2, 0.25) is 0 Å². The number of ether oxygens (including phenoxy) is 3. The Labute approximate surface area is 194 Å². The first kappa shape index (κ1) is 23.9. The number of carbonyl (C=O) groups is 1. The molecule has 9 heteroatoms. The van der Waals surface area contributed by atoms with E-state index in [0.717, 1.165) is 67.0 Å². The standard InChI is InChI=1S/C23H31N3O5S/c1-28-18-5-7-20(29-2)17(15-18)9-10-24-23(32)26-12-4-11-25(13-14-26)16-19-6-8-21(31-19)22(27)30-3/h5-8,15H,4,9-14,16H2,1-3H3,(H,24,32). The van der Waals surface area contributed by atoms with Crippen LogP contribution in [-0.4, -0.2) is 74.9 Å². The largest absolute Gasteiger partial charge is 0.497 e. The Bertz CT molecular complexity index is 917. The van der Waals surface area contributed by atoms with Crippen LogP contribution in [0.15, 0.2) is 34.7 Å². The molecular weight excluding hydrogens is 430 g/mol. The van der Waals surface area contributed by atoms with Crippen molar-refractivity contribution in [1.82, 2.24) is 15.1 Å². The zero-order valence-electron chi connectivity index (χ0n) is 18.9. The van der Waals surface area contributed by atoms with Gasteiger partial charge in [0, 0.05) is 32.7 Å². The molecular formula is C23H31N3O5S. The van der Waals surface area contributed by atoms with Crippen LogP contribution < -0.4 is 14.8 Å². The Morgan fingerprint density at radius 2 is 1.94 bits per heavy atom. The molecule has 1 saturated heterocycles. The lowest BCUT2D eigenvalue weighted by molar-refractivity contribution is 0.0561. The van der Waals surface area contributed by atoms with Crippen molar-refractivity contribution in [3.8, 4) is 11.5 Å². The van der Waals surface area contributed by atoms with Crippen molar-refractivity contribution in [2.24, 2.45) is 0 Å². The molecule has 8 nitrogen and oxygen atoms in total. The van der Waals surface area contributed by atoms with E-state index in [4.69, 9.17) is 30.8 Å². The zero-order valence-corrected chi connectivity index (χ0v) is 19.7. The lowest BCUT2D eigenvalue weighted by atomic mass is 10.1. The number of methoxy groups -OCH3 is 3. The predicted molar refractivity (Wildman–Crippen MR) is 125 cm³/mol. The fourth-order valence-electron chi connectivity index (χ4n) is 3.72. The summed E-state index contributed by atoms with van der Waals surface area (Å²) in [7, 11) is 4.68. The number of esters is 1. The van der Waals surface area contributed by atoms with E-state index in [1.54, 1.807) is 20.3 Å². The van der Waals surface area contributed by atoms with Gasteiger partial charge >= 0.3 is 5.97 Å². The maximum atomic E-state index is 11.6. The third kappa shape index (κ3) is 6.37. The van der Waals surface area contributed by atoms with E-state index in [-0.39, 0.29) is 5.76 Å². The molecule has 1 aromatic carbocycles. The Balaban J connectivity index is 1.46. The van der Waals surface area contributed by atoms with E-state index in [2.05, 4.69) is 15.1 Å². The monoisotopic (exact) mass is 461 g/mol. The first-order valence-corrected chi connectivity index (χ1v) is 11.1. The molecule has 1 fully saturated rings. The van der Waals surface area contributed by atoms with Crippen molar-refractivity contribution in [3.63, 3.8) is 0 Å². The number of hydrogen-bond acceptors (Lipinski definition) is 7. The van der Waals surface area contributed by atoms with Crippen LogP contribution in [0.5, 0.6) is 11.5 Å². The molecule has 174 valence electrons. The van der Waals surface area contributed by atoms with Gasteiger partial charge in [-0.1, -0.05) is 0 Å². The van der Waals surface area contributed by atoms with Crippen molar-refractivity contribution in [1.29, 1.82) is 0 Å². The molecule has 2 heterocycles. The highest BCUT2D eigenvalue weighted by Crippen LogP contribution is 2.24. The molecule has 1 aliphatic heterocycles. The molecule has 1 N–H and O–H groups in total. The number of thiocarbonyl (C=S) groups is 1. The second-order valence-electron chi connectivity index (χ2n) is 7.53. The van der Waals surface area contributed by atoms with E-state index in [1.165, 1.54) is 7.11 Å². The second kappa shape index (κ2) is 11.7. The lowest BCUT2D eigenvalue weighted by Gasteiger charge is -2.24. The maximum absolute atomic E-state index is 11.6.